The number of aromatic nitrogens is 1. The van der Waals surface area contributed by atoms with Gasteiger partial charge in [-0.05, 0) is 31.0 Å². The van der Waals surface area contributed by atoms with E-state index in [2.05, 4.69) is 11.1 Å². The van der Waals surface area contributed by atoms with Crippen molar-refractivity contribution >= 4 is 5.91 Å². The van der Waals surface area contributed by atoms with Crippen LogP contribution in [0.2, 0.25) is 0 Å². The first-order valence-electron chi connectivity index (χ1n) is 7.63. The van der Waals surface area contributed by atoms with Crippen LogP contribution in [0.1, 0.15) is 28.8 Å². The van der Waals surface area contributed by atoms with E-state index in [-0.39, 0.29) is 12.0 Å². The predicted octanol–water partition coefficient (Wildman–Crippen LogP) is 2.64. The Kier molecular flexibility index (Phi) is 4.53. The van der Waals surface area contributed by atoms with Crippen LogP contribution in [0.3, 0.4) is 0 Å². The molecule has 116 valence electrons. The molecule has 2 aromatic rings. The lowest BCUT2D eigenvalue weighted by molar-refractivity contribution is 0.0527. The summed E-state index contributed by atoms with van der Waals surface area (Å²) in [6.45, 7) is 1.27. The van der Waals surface area contributed by atoms with Gasteiger partial charge in [-0.15, -0.1) is 0 Å². The summed E-state index contributed by atoms with van der Waals surface area (Å²) in [4.78, 5) is 18.5. The normalized spacial score (nSPS) is 17.3. The van der Waals surface area contributed by atoms with Crippen LogP contribution in [0.25, 0.3) is 0 Å². The number of nitriles is 1. The Hall–Kier alpha value is -2.87. The molecule has 0 radical (unpaired) electrons. The van der Waals surface area contributed by atoms with Crippen molar-refractivity contribution in [2.45, 2.75) is 18.9 Å². The van der Waals surface area contributed by atoms with Crippen molar-refractivity contribution in [3.05, 3.63) is 59.8 Å². The van der Waals surface area contributed by atoms with Gasteiger partial charge in [0.1, 0.15) is 6.10 Å². The molecule has 0 N–H and O–H groups in total. The van der Waals surface area contributed by atoms with Crippen molar-refractivity contribution in [3.63, 3.8) is 0 Å². The van der Waals surface area contributed by atoms with Crippen LogP contribution in [0, 0.1) is 11.3 Å². The molecular formula is C18H17N3O2. The van der Waals surface area contributed by atoms with E-state index < -0.39 is 0 Å². The summed E-state index contributed by atoms with van der Waals surface area (Å²) in [6, 6.07) is 14.6. The largest absolute Gasteiger partial charge is 0.472 e. The third-order valence-electron chi connectivity index (χ3n) is 3.84. The quantitative estimate of drug-likeness (QED) is 0.874. The minimum absolute atomic E-state index is 0.0256. The Morgan fingerprint density at radius 2 is 2.13 bits per heavy atom. The van der Waals surface area contributed by atoms with Gasteiger partial charge in [-0.1, -0.05) is 18.2 Å². The highest BCUT2D eigenvalue weighted by Crippen LogP contribution is 2.19. The minimum atomic E-state index is -0.0992. The molecule has 1 aliphatic rings. The molecule has 0 saturated carbocycles. The van der Waals surface area contributed by atoms with Crippen LogP contribution in [0.4, 0.5) is 0 Å². The van der Waals surface area contributed by atoms with Crippen LogP contribution in [0.15, 0.2) is 48.7 Å². The molecule has 1 atom stereocenters. The van der Waals surface area contributed by atoms with Crippen molar-refractivity contribution in [2.75, 3.05) is 13.1 Å². The highest BCUT2D eigenvalue weighted by molar-refractivity contribution is 5.94. The van der Waals surface area contributed by atoms with E-state index in [4.69, 9.17) is 10.00 Å². The molecular weight excluding hydrogens is 290 g/mol. The summed E-state index contributed by atoms with van der Waals surface area (Å²) in [5.74, 6) is 0.459. The molecule has 1 saturated heterocycles. The molecule has 0 unspecified atom stereocenters. The minimum Gasteiger partial charge on any atom is -0.472 e. The van der Waals surface area contributed by atoms with E-state index in [1.165, 1.54) is 0 Å². The molecule has 0 bridgehead atoms. The standard InChI is InChI=1S/C18H17N3O2/c19-12-14-8-9-20-17(11-14)23-16-7-4-10-21(13-16)18(22)15-5-2-1-3-6-15/h1-3,5-6,8-9,11,16H,4,7,10,13H2/t16-/m0/s1. The van der Waals surface area contributed by atoms with Gasteiger partial charge in [0.05, 0.1) is 18.2 Å². The maximum atomic E-state index is 12.5. The average molecular weight is 307 g/mol. The first-order chi connectivity index (χ1) is 11.3. The molecule has 2 heterocycles. The molecule has 1 fully saturated rings. The Morgan fingerprint density at radius 3 is 2.91 bits per heavy atom. The van der Waals surface area contributed by atoms with Crippen molar-refractivity contribution in [3.8, 4) is 11.9 Å². The van der Waals surface area contributed by atoms with Crippen LogP contribution in [-0.2, 0) is 0 Å². The Labute approximate surface area is 135 Å². The summed E-state index contributed by atoms with van der Waals surface area (Å²) in [5.41, 5.74) is 1.21. The van der Waals surface area contributed by atoms with Crippen LogP contribution >= 0.6 is 0 Å². The third-order valence-corrected chi connectivity index (χ3v) is 3.84. The number of nitrogens with zero attached hydrogens (tertiary/aromatic N) is 3. The number of carbonyl (C=O) groups is 1. The Morgan fingerprint density at radius 1 is 1.30 bits per heavy atom. The van der Waals surface area contributed by atoms with Gasteiger partial charge in [-0.25, -0.2) is 4.98 Å². The van der Waals surface area contributed by atoms with Crippen LogP contribution in [-0.4, -0.2) is 35.0 Å². The van der Waals surface area contributed by atoms with Gasteiger partial charge in [0.15, 0.2) is 0 Å². The molecule has 5 heteroatoms. The maximum absolute atomic E-state index is 12.5. The van der Waals surface area contributed by atoms with E-state index in [0.717, 1.165) is 19.4 Å². The number of rotatable bonds is 3. The zero-order valence-corrected chi connectivity index (χ0v) is 12.7. The Bertz CT molecular complexity index is 725. The van der Waals surface area contributed by atoms with Gasteiger partial charge in [-0.2, -0.15) is 5.26 Å². The van der Waals surface area contributed by atoms with Crippen molar-refractivity contribution in [1.82, 2.24) is 9.88 Å². The molecule has 0 spiro atoms. The zero-order valence-electron chi connectivity index (χ0n) is 12.7. The summed E-state index contributed by atoms with van der Waals surface area (Å²) in [7, 11) is 0. The first-order valence-corrected chi connectivity index (χ1v) is 7.63. The summed E-state index contributed by atoms with van der Waals surface area (Å²) >= 11 is 0. The van der Waals surface area contributed by atoms with E-state index in [0.29, 0.717) is 23.6 Å². The van der Waals surface area contributed by atoms with Crippen molar-refractivity contribution in [1.29, 1.82) is 5.26 Å². The van der Waals surface area contributed by atoms with Crippen molar-refractivity contribution < 1.29 is 9.53 Å². The van der Waals surface area contributed by atoms with Gasteiger partial charge in [0.2, 0.25) is 5.88 Å². The SMILES string of the molecule is N#Cc1ccnc(O[C@H]2CCCN(C(=O)c3ccccc3)C2)c1. The molecule has 1 aliphatic heterocycles. The van der Waals surface area contributed by atoms with E-state index in [9.17, 15) is 4.79 Å². The molecule has 23 heavy (non-hydrogen) atoms. The highest BCUT2D eigenvalue weighted by Gasteiger charge is 2.25. The predicted molar refractivity (Wildman–Crippen MR) is 84.9 cm³/mol. The number of benzene rings is 1. The number of pyridine rings is 1. The number of ether oxygens (including phenoxy) is 1. The topological polar surface area (TPSA) is 66.2 Å². The number of carbonyl (C=O) groups excluding carboxylic acids is 1. The second kappa shape index (κ2) is 6.93. The molecule has 0 aliphatic carbocycles. The van der Waals surface area contributed by atoms with E-state index in [1.807, 2.05) is 35.2 Å². The number of hydrogen-bond acceptors (Lipinski definition) is 4. The van der Waals surface area contributed by atoms with Gasteiger partial charge >= 0.3 is 0 Å². The lowest BCUT2D eigenvalue weighted by Gasteiger charge is -2.32. The molecule has 1 aromatic carbocycles. The molecule has 5 nitrogen and oxygen atoms in total. The van der Waals surface area contributed by atoms with Crippen LogP contribution < -0.4 is 4.74 Å². The summed E-state index contributed by atoms with van der Waals surface area (Å²) in [5, 5.41) is 8.92. The maximum Gasteiger partial charge on any atom is 0.253 e. The number of piperidine rings is 1. The van der Waals surface area contributed by atoms with E-state index in [1.54, 1.807) is 18.3 Å². The van der Waals surface area contributed by atoms with Gasteiger partial charge in [-0.3, -0.25) is 4.79 Å². The van der Waals surface area contributed by atoms with Gasteiger partial charge < -0.3 is 9.64 Å². The second-order valence-corrected chi connectivity index (χ2v) is 5.49. The number of amides is 1. The van der Waals surface area contributed by atoms with Gasteiger partial charge in [0.25, 0.3) is 5.91 Å². The first kappa shape index (κ1) is 15.0. The Balaban J connectivity index is 1.66. The highest BCUT2D eigenvalue weighted by atomic mass is 16.5. The lowest BCUT2D eigenvalue weighted by Crippen LogP contribution is -2.44. The zero-order chi connectivity index (χ0) is 16.1. The second-order valence-electron chi connectivity index (χ2n) is 5.49. The third kappa shape index (κ3) is 3.67. The van der Waals surface area contributed by atoms with Gasteiger partial charge in [0, 0.05) is 24.4 Å². The monoisotopic (exact) mass is 307 g/mol. The molecule has 1 aromatic heterocycles. The molecule has 3 rings (SSSR count). The lowest BCUT2D eigenvalue weighted by atomic mass is 10.1. The molecule has 1 amide bonds. The van der Waals surface area contributed by atoms with Crippen LogP contribution in [0.5, 0.6) is 5.88 Å². The van der Waals surface area contributed by atoms with E-state index >= 15 is 0 Å². The average Bonchev–Trinajstić information content (AvgIpc) is 2.62. The fourth-order valence-corrected chi connectivity index (χ4v) is 2.70. The number of hydrogen-bond donors (Lipinski definition) is 0. The summed E-state index contributed by atoms with van der Waals surface area (Å²) < 4.78 is 5.86. The fourth-order valence-electron chi connectivity index (χ4n) is 2.70. The fraction of sp³-hybridized carbons (Fsp3) is 0.278. The smallest absolute Gasteiger partial charge is 0.253 e. The summed E-state index contributed by atoms with van der Waals surface area (Å²) in [6.07, 6.45) is 3.22. The van der Waals surface area contributed by atoms with Crippen molar-refractivity contribution in [2.24, 2.45) is 0 Å². The number of likely N-dealkylation sites (tertiary alicyclic amines) is 1.